The van der Waals surface area contributed by atoms with Gasteiger partial charge in [-0.15, -0.1) is 0 Å². The summed E-state index contributed by atoms with van der Waals surface area (Å²) in [6.07, 6.45) is 1.71. The van der Waals surface area contributed by atoms with Crippen molar-refractivity contribution in [3.63, 3.8) is 0 Å². The molecule has 2 aromatic carbocycles. The Morgan fingerprint density at radius 2 is 1.86 bits per heavy atom. The fraction of sp³-hybridized carbons (Fsp3) is 0.176. The van der Waals surface area contributed by atoms with E-state index < -0.39 is 0 Å². The molecule has 0 saturated carbocycles. The van der Waals surface area contributed by atoms with E-state index in [9.17, 15) is 0 Å². The molecule has 0 atom stereocenters. The van der Waals surface area contributed by atoms with Crippen LogP contribution in [0.2, 0.25) is 0 Å². The molecule has 0 bridgehead atoms. The van der Waals surface area contributed by atoms with Crippen molar-refractivity contribution in [1.82, 2.24) is 10.7 Å². The zero-order chi connectivity index (χ0) is 15.6. The quantitative estimate of drug-likeness (QED) is 0.489. The second-order valence-electron chi connectivity index (χ2n) is 4.57. The minimum absolute atomic E-state index is 0.515. The van der Waals surface area contributed by atoms with Crippen molar-refractivity contribution in [2.75, 3.05) is 6.54 Å². The monoisotopic (exact) mass is 313 g/mol. The molecule has 114 valence electrons. The SMILES string of the molecule is CCNC(=S)NN=Cc1ccc(OCc2ccccc2)cc1. The van der Waals surface area contributed by atoms with Gasteiger partial charge in [-0.2, -0.15) is 5.10 Å². The summed E-state index contributed by atoms with van der Waals surface area (Å²) in [6.45, 7) is 3.31. The molecule has 2 aromatic rings. The second kappa shape index (κ2) is 8.79. The average Bonchev–Trinajstić information content (AvgIpc) is 2.55. The van der Waals surface area contributed by atoms with Gasteiger partial charge in [0.05, 0.1) is 6.21 Å². The van der Waals surface area contributed by atoms with E-state index in [2.05, 4.69) is 15.8 Å². The van der Waals surface area contributed by atoms with Crippen molar-refractivity contribution >= 4 is 23.5 Å². The molecule has 2 rings (SSSR count). The fourth-order valence-electron chi connectivity index (χ4n) is 1.76. The van der Waals surface area contributed by atoms with E-state index in [1.54, 1.807) is 6.21 Å². The number of nitrogens with one attached hydrogen (secondary N) is 2. The summed E-state index contributed by atoms with van der Waals surface area (Å²) in [7, 11) is 0. The Labute approximate surface area is 136 Å². The highest BCUT2D eigenvalue weighted by Crippen LogP contribution is 2.13. The molecule has 0 heterocycles. The Kier molecular flexibility index (Phi) is 6.39. The van der Waals surface area contributed by atoms with E-state index in [4.69, 9.17) is 17.0 Å². The summed E-state index contributed by atoms with van der Waals surface area (Å²) in [5, 5.41) is 7.54. The molecule has 0 amide bonds. The maximum absolute atomic E-state index is 5.73. The largest absolute Gasteiger partial charge is 0.489 e. The number of nitrogens with zero attached hydrogens (tertiary/aromatic N) is 1. The van der Waals surface area contributed by atoms with Crippen LogP contribution < -0.4 is 15.5 Å². The van der Waals surface area contributed by atoms with Gasteiger partial charge < -0.3 is 10.1 Å². The summed E-state index contributed by atoms with van der Waals surface area (Å²) in [6, 6.07) is 17.8. The van der Waals surface area contributed by atoms with Crippen molar-refractivity contribution in [3.05, 3.63) is 65.7 Å². The van der Waals surface area contributed by atoms with E-state index in [0.29, 0.717) is 11.7 Å². The first-order chi connectivity index (χ1) is 10.8. The van der Waals surface area contributed by atoms with Gasteiger partial charge in [-0.05, 0) is 54.5 Å². The molecule has 0 unspecified atom stereocenters. The van der Waals surface area contributed by atoms with Crippen LogP contribution in [0.4, 0.5) is 0 Å². The molecule has 0 aliphatic rings. The molecule has 0 spiro atoms. The third-order valence-corrected chi connectivity index (χ3v) is 3.08. The standard InChI is InChI=1S/C17H19N3OS/c1-2-18-17(22)20-19-12-14-8-10-16(11-9-14)21-13-15-6-4-3-5-7-15/h3-12H,2,13H2,1H3,(H2,18,20,22). The smallest absolute Gasteiger partial charge is 0.186 e. The van der Waals surface area contributed by atoms with Gasteiger partial charge in [-0.1, -0.05) is 30.3 Å². The van der Waals surface area contributed by atoms with E-state index in [1.165, 1.54) is 0 Å². The summed E-state index contributed by atoms with van der Waals surface area (Å²) < 4.78 is 5.73. The number of ether oxygens (including phenoxy) is 1. The van der Waals surface area contributed by atoms with Crippen LogP contribution in [-0.2, 0) is 6.61 Å². The van der Waals surface area contributed by atoms with Gasteiger partial charge in [-0.25, -0.2) is 0 Å². The molecule has 0 aliphatic carbocycles. The van der Waals surface area contributed by atoms with Crippen molar-refractivity contribution in [2.24, 2.45) is 5.10 Å². The van der Waals surface area contributed by atoms with Gasteiger partial charge in [0, 0.05) is 6.54 Å². The van der Waals surface area contributed by atoms with Crippen LogP contribution in [0.5, 0.6) is 5.75 Å². The second-order valence-corrected chi connectivity index (χ2v) is 4.98. The van der Waals surface area contributed by atoms with Crippen LogP contribution in [0.3, 0.4) is 0 Å². The lowest BCUT2D eigenvalue weighted by Crippen LogP contribution is -2.31. The predicted molar refractivity (Wildman–Crippen MR) is 94.2 cm³/mol. The van der Waals surface area contributed by atoms with Crippen molar-refractivity contribution in [3.8, 4) is 5.75 Å². The fourth-order valence-corrected chi connectivity index (χ4v) is 1.95. The van der Waals surface area contributed by atoms with Crippen LogP contribution in [0.25, 0.3) is 0 Å². The van der Waals surface area contributed by atoms with E-state index >= 15 is 0 Å². The van der Waals surface area contributed by atoms with Crippen LogP contribution in [0, 0.1) is 0 Å². The van der Waals surface area contributed by atoms with Crippen molar-refractivity contribution in [1.29, 1.82) is 0 Å². The van der Waals surface area contributed by atoms with Crippen LogP contribution >= 0.6 is 12.2 Å². The Hall–Kier alpha value is -2.40. The van der Waals surface area contributed by atoms with Gasteiger partial charge in [0.1, 0.15) is 12.4 Å². The molecule has 0 fully saturated rings. The lowest BCUT2D eigenvalue weighted by Gasteiger charge is -2.06. The van der Waals surface area contributed by atoms with Crippen LogP contribution in [0.1, 0.15) is 18.1 Å². The molecule has 22 heavy (non-hydrogen) atoms. The lowest BCUT2D eigenvalue weighted by molar-refractivity contribution is 0.306. The molecular weight excluding hydrogens is 294 g/mol. The first-order valence-corrected chi connectivity index (χ1v) is 7.52. The third kappa shape index (κ3) is 5.54. The number of rotatable bonds is 6. The van der Waals surface area contributed by atoms with Crippen molar-refractivity contribution in [2.45, 2.75) is 13.5 Å². The Morgan fingerprint density at radius 3 is 2.55 bits per heavy atom. The topological polar surface area (TPSA) is 45.7 Å². The number of hydrazone groups is 1. The first-order valence-electron chi connectivity index (χ1n) is 7.11. The molecule has 5 heteroatoms. The van der Waals surface area contributed by atoms with Gasteiger partial charge in [0.25, 0.3) is 0 Å². The minimum atomic E-state index is 0.515. The van der Waals surface area contributed by atoms with Gasteiger partial charge >= 0.3 is 0 Å². The Bertz CT molecular complexity index is 612. The zero-order valence-corrected chi connectivity index (χ0v) is 13.3. The van der Waals surface area contributed by atoms with Crippen molar-refractivity contribution < 1.29 is 4.74 Å². The molecule has 0 aliphatic heterocycles. The Morgan fingerprint density at radius 1 is 1.14 bits per heavy atom. The van der Waals surface area contributed by atoms with Gasteiger partial charge in [0.15, 0.2) is 5.11 Å². The average molecular weight is 313 g/mol. The number of thiocarbonyl (C=S) groups is 1. The molecule has 0 saturated heterocycles. The summed E-state index contributed by atoms with van der Waals surface area (Å²) in [5.74, 6) is 0.831. The Balaban J connectivity index is 1.82. The molecule has 0 radical (unpaired) electrons. The number of hydrogen-bond acceptors (Lipinski definition) is 3. The molecule has 2 N–H and O–H groups in total. The summed E-state index contributed by atoms with van der Waals surface area (Å²) >= 11 is 5.01. The van der Waals surface area contributed by atoms with Crippen LogP contribution in [-0.4, -0.2) is 17.9 Å². The summed E-state index contributed by atoms with van der Waals surface area (Å²) in [4.78, 5) is 0. The molecular formula is C17H19N3OS. The highest BCUT2D eigenvalue weighted by atomic mass is 32.1. The highest BCUT2D eigenvalue weighted by molar-refractivity contribution is 7.80. The maximum Gasteiger partial charge on any atom is 0.186 e. The lowest BCUT2D eigenvalue weighted by atomic mass is 10.2. The maximum atomic E-state index is 5.73. The molecule has 4 nitrogen and oxygen atoms in total. The zero-order valence-electron chi connectivity index (χ0n) is 12.5. The summed E-state index contributed by atoms with van der Waals surface area (Å²) in [5.41, 5.74) is 4.87. The molecule has 0 aromatic heterocycles. The van der Waals surface area contributed by atoms with E-state index in [-0.39, 0.29) is 0 Å². The van der Waals surface area contributed by atoms with Crippen LogP contribution in [0.15, 0.2) is 59.7 Å². The highest BCUT2D eigenvalue weighted by Gasteiger charge is 1.96. The van der Waals surface area contributed by atoms with Gasteiger partial charge in [0.2, 0.25) is 0 Å². The first kappa shape index (κ1) is 16.0. The third-order valence-electron chi connectivity index (χ3n) is 2.85. The number of benzene rings is 2. The van der Waals surface area contributed by atoms with E-state index in [0.717, 1.165) is 23.4 Å². The van der Waals surface area contributed by atoms with Gasteiger partial charge in [-0.3, -0.25) is 5.43 Å². The number of hydrogen-bond donors (Lipinski definition) is 2. The predicted octanol–water partition coefficient (Wildman–Crippen LogP) is 3.08. The minimum Gasteiger partial charge on any atom is -0.489 e. The normalized spacial score (nSPS) is 10.4. The van der Waals surface area contributed by atoms with E-state index in [1.807, 2.05) is 61.5 Å².